The first kappa shape index (κ1) is 14.2. The first-order valence-corrected chi connectivity index (χ1v) is 7.18. The molecular weight excluding hydrogens is 282 g/mol. The zero-order valence-electron chi connectivity index (χ0n) is 10.6. The lowest BCUT2D eigenvalue weighted by Crippen LogP contribution is -2.17. The Balaban J connectivity index is 2.21. The number of nitrogens with zero attached hydrogens (tertiary/aromatic N) is 2. The number of aromatic nitrogens is 3. The first-order valence-electron chi connectivity index (χ1n) is 5.69. The molecule has 2 rings (SSSR count). The Morgan fingerprint density at radius 3 is 2.60 bits per heavy atom. The monoisotopic (exact) mass is 295 g/mol. The van der Waals surface area contributed by atoms with Crippen LogP contribution in [0.15, 0.2) is 40.3 Å². The summed E-state index contributed by atoms with van der Waals surface area (Å²) in [5, 5.41) is 8.53. The van der Waals surface area contributed by atoms with Gasteiger partial charge >= 0.3 is 0 Å². The van der Waals surface area contributed by atoms with Gasteiger partial charge in [0, 0.05) is 18.8 Å². The minimum Gasteiger partial charge on any atom is -0.316 e. The summed E-state index contributed by atoms with van der Waals surface area (Å²) in [4.78, 5) is 14.7. The van der Waals surface area contributed by atoms with Gasteiger partial charge in [0.25, 0.3) is 15.6 Å². The van der Waals surface area contributed by atoms with E-state index in [-0.39, 0.29) is 10.8 Å². The Morgan fingerprint density at radius 1 is 1.25 bits per heavy atom. The van der Waals surface area contributed by atoms with Crippen molar-refractivity contribution in [2.45, 2.75) is 11.6 Å². The van der Waals surface area contributed by atoms with E-state index in [1.54, 1.807) is 13.1 Å². The summed E-state index contributed by atoms with van der Waals surface area (Å²) in [6.45, 7) is 0.599. The Bertz CT molecular complexity index is 719. The Labute approximate surface area is 115 Å². The van der Waals surface area contributed by atoms with Gasteiger partial charge in [-0.15, -0.1) is 0 Å². The van der Waals surface area contributed by atoms with Crippen LogP contribution in [0.4, 0.5) is 5.82 Å². The summed E-state index contributed by atoms with van der Waals surface area (Å²) < 4.78 is 26.3. The minimum absolute atomic E-state index is 0.0192. The fourth-order valence-corrected chi connectivity index (χ4v) is 2.40. The van der Waals surface area contributed by atoms with Crippen LogP contribution < -0.4 is 15.6 Å². The van der Waals surface area contributed by atoms with E-state index in [4.69, 9.17) is 0 Å². The molecule has 0 aromatic carbocycles. The van der Waals surface area contributed by atoms with E-state index in [9.17, 15) is 13.2 Å². The third kappa shape index (κ3) is 3.39. The number of pyridine rings is 1. The van der Waals surface area contributed by atoms with E-state index in [0.29, 0.717) is 6.54 Å². The Morgan fingerprint density at radius 2 is 2.05 bits per heavy atom. The van der Waals surface area contributed by atoms with Gasteiger partial charge in [-0.2, -0.15) is 13.5 Å². The van der Waals surface area contributed by atoms with Crippen LogP contribution in [0.1, 0.15) is 5.56 Å². The molecule has 2 heterocycles. The quantitative estimate of drug-likeness (QED) is 0.696. The molecule has 0 unspecified atom stereocenters. The molecule has 20 heavy (non-hydrogen) atoms. The molecule has 0 amide bonds. The van der Waals surface area contributed by atoms with Gasteiger partial charge in [0.1, 0.15) is 0 Å². The molecule has 0 saturated carbocycles. The number of anilines is 1. The molecular formula is C11H13N5O3S. The molecule has 0 aliphatic carbocycles. The van der Waals surface area contributed by atoms with Gasteiger partial charge in [0.15, 0.2) is 10.8 Å². The fraction of sp³-hybridized carbons (Fsp3) is 0.182. The molecule has 0 radical (unpaired) electrons. The van der Waals surface area contributed by atoms with Crippen molar-refractivity contribution in [3.63, 3.8) is 0 Å². The zero-order valence-corrected chi connectivity index (χ0v) is 11.4. The summed E-state index contributed by atoms with van der Waals surface area (Å²) >= 11 is 0. The number of sulfonamides is 1. The number of nitrogens with one attached hydrogen (secondary N) is 3. The van der Waals surface area contributed by atoms with Crippen LogP contribution in [-0.2, 0) is 16.6 Å². The van der Waals surface area contributed by atoms with Gasteiger partial charge in [-0.25, -0.2) is 10.1 Å². The van der Waals surface area contributed by atoms with Gasteiger partial charge < -0.3 is 5.32 Å². The first-order chi connectivity index (χ1) is 9.51. The molecule has 9 heteroatoms. The maximum atomic E-state index is 12.0. The second-order valence-corrected chi connectivity index (χ2v) is 5.58. The highest BCUT2D eigenvalue weighted by atomic mass is 32.2. The summed E-state index contributed by atoms with van der Waals surface area (Å²) in [6, 6.07) is 5.51. The van der Waals surface area contributed by atoms with Crippen LogP contribution >= 0.6 is 0 Å². The minimum atomic E-state index is -3.82. The number of rotatable bonds is 5. The van der Waals surface area contributed by atoms with Crippen LogP contribution in [0.5, 0.6) is 0 Å². The highest BCUT2D eigenvalue weighted by molar-refractivity contribution is 7.92. The lowest BCUT2D eigenvalue weighted by molar-refractivity contribution is 0.597. The largest absolute Gasteiger partial charge is 0.316 e. The van der Waals surface area contributed by atoms with Gasteiger partial charge in [0.05, 0.1) is 0 Å². The molecule has 3 N–H and O–H groups in total. The van der Waals surface area contributed by atoms with Crippen molar-refractivity contribution in [1.82, 2.24) is 20.5 Å². The molecule has 0 atom stereocenters. The van der Waals surface area contributed by atoms with Crippen LogP contribution in [0.25, 0.3) is 0 Å². The highest BCUT2D eigenvalue weighted by Crippen LogP contribution is 2.11. The predicted molar refractivity (Wildman–Crippen MR) is 72.7 cm³/mol. The molecule has 0 spiro atoms. The summed E-state index contributed by atoms with van der Waals surface area (Å²) in [7, 11) is -2.04. The molecule has 2 aromatic rings. The van der Waals surface area contributed by atoms with Crippen molar-refractivity contribution in [2.75, 3.05) is 11.8 Å². The molecule has 0 aliphatic rings. The van der Waals surface area contributed by atoms with Crippen LogP contribution in [0, 0.1) is 0 Å². The van der Waals surface area contributed by atoms with Crippen LogP contribution in [-0.4, -0.2) is 30.6 Å². The maximum Gasteiger partial charge on any atom is 0.280 e. The normalized spacial score (nSPS) is 11.2. The molecule has 106 valence electrons. The SMILES string of the molecule is CNCc1ccc(S(=O)(=O)Nc2ccc(=O)[nH]n2)nc1. The Hall–Kier alpha value is -2.26. The summed E-state index contributed by atoms with van der Waals surface area (Å²) in [5.41, 5.74) is 0.455. The van der Waals surface area contributed by atoms with E-state index < -0.39 is 15.6 Å². The summed E-state index contributed by atoms with van der Waals surface area (Å²) in [6.07, 6.45) is 1.48. The van der Waals surface area contributed by atoms with Gasteiger partial charge in [-0.1, -0.05) is 6.07 Å². The summed E-state index contributed by atoms with van der Waals surface area (Å²) in [5.74, 6) is 0.0192. The second kappa shape index (κ2) is 5.80. The molecule has 0 fully saturated rings. The smallest absolute Gasteiger partial charge is 0.280 e. The van der Waals surface area contributed by atoms with E-state index >= 15 is 0 Å². The number of hydrogen-bond donors (Lipinski definition) is 3. The zero-order chi connectivity index (χ0) is 14.6. The lowest BCUT2D eigenvalue weighted by Gasteiger charge is -2.06. The molecule has 8 nitrogen and oxygen atoms in total. The van der Waals surface area contributed by atoms with Gasteiger partial charge in [-0.05, 0) is 24.7 Å². The fourth-order valence-electron chi connectivity index (χ4n) is 1.47. The maximum absolute atomic E-state index is 12.0. The van der Waals surface area contributed by atoms with E-state index in [2.05, 4.69) is 25.2 Å². The third-order valence-electron chi connectivity index (χ3n) is 2.37. The van der Waals surface area contributed by atoms with Crippen molar-refractivity contribution < 1.29 is 8.42 Å². The van der Waals surface area contributed by atoms with Gasteiger partial charge in [0.2, 0.25) is 0 Å². The van der Waals surface area contributed by atoms with Crippen molar-refractivity contribution in [3.05, 3.63) is 46.4 Å². The average molecular weight is 295 g/mol. The van der Waals surface area contributed by atoms with Crippen molar-refractivity contribution >= 4 is 15.8 Å². The van der Waals surface area contributed by atoms with Crippen molar-refractivity contribution in [2.24, 2.45) is 0 Å². The van der Waals surface area contributed by atoms with Crippen molar-refractivity contribution in [3.8, 4) is 0 Å². The predicted octanol–water partition coefficient (Wildman–Crippen LogP) is -0.315. The van der Waals surface area contributed by atoms with Gasteiger partial charge in [-0.3, -0.25) is 9.52 Å². The number of hydrogen-bond acceptors (Lipinski definition) is 6. The number of H-pyrrole nitrogens is 1. The topological polar surface area (TPSA) is 117 Å². The van der Waals surface area contributed by atoms with Crippen LogP contribution in [0.2, 0.25) is 0 Å². The lowest BCUT2D eigenvalue weighted by atomic mass is 10.3. The van der Waals surface area contributed by atoms with E-state index in [1.165, 1.54) is 24.4 Å². The van der Waals surface area contributed by atoms with E-state index in [0.717, 1.165) is 5.56 Å². The van der Waals surface area contributed by atoms with E-state index in [1.807, 2.05) is 0 Å². The number of aromatic amines is 1. The van der Waals surface area contributed by atoms with Crippen LogP contribution in [0.3, 0.4) is 0 Å². The second-order valence-electron chi connectivity index (χ2n) is 3.95. The molecule has 0 aliphatic heterocycles. The molecule has 0 bridgehead atoms. The Kier molecular flexibility index (Phi) is 4.11. The molecule has 0 saturated heterocycles. The molecule has 2 aromatic heterocycles. The third-order valence-corrected chi connectivity index (χ3v) is 3.64. The van der Waals surface area contributed by atoms with Crippen molar-refractivity contribution in [1.29, 1.82) is 0 Å². The standard InChI is InChI=1S/C11H13N5O3S/c1-12-6-8-2-5-11(13-7-8)20(18,19)16-9-3-4-10(17)15-14-9/h2-5,7,12H,6H2,1H3,(H,14,16)(H,15,17). The average Bonchev–Trinajstić information content (AvgIpc) is 2.42. The highest BCUT2D eigenvalue weighted by Gasteiger charge is 2.16.